The molecular weight excluding hydrogens is 591 g/mol. The van der Waals surface area contributed by atoms with Crippen LogP contribution in [-0.4, -0.2) is 41.0 Å². The third-order valence-electron chi connectivity index (χ3n) is 8.03. The molecule has 0 aliphatic heterocycles. The van der Waals surface area contributed by atoms with Crippen molar-refractivity contribution >= 4 is 19.8 Å². The Balaban J connectivity index is 3.94. The normalized spacial score (nSPS) is 12.5. The molecule has 0 heterocycles. The third kappa shape index (κ3) is 35.5. The van der Waals surface area contributed by atoms with E-state index in [4.69, 9.17) is 19.3 Å². The highest BCUT2D eigenvalue weighted by atomic mass is 31.2. The van der Waals surface area contributed by atoms with Crippen LogP contribution in [0, 0.1) is 0 Å². The first-order chi connectivity index (χ1) is 21.8. The number of ether oxygens (including phenoxy) is 2. The van der Waals surface area contributed by atoms with Crippen molar-refractivity contribution in [2.45, 2.75) is 193 Å². The van der Waals surface area contributed by atoms with Gasteiger partial charge in [0.05, 0.1) is 6.61 Å². The van der Waals surface area contributed by atoms with E-state index in [1.807, 2.05) is 0 Å². The van der Waals surface area contributed by atoms with Gasteiger partial charge in [0.2, 0.25) is 0 Å². The molecule has 0 aliphatic rings. The number of hydrogen-bond donors (Lipinski definition) is 2. The van der Waals surface area contributed by atoms with Crippen molar-refractivity contribution in [2.24, 2.45) is 0 Å². The summed E-state index contributed by atoms with van der Waals surface area (Å²) in [6, 6.07) is 0. The summed E-state index contributed by atoms with van der Waals surface area (Å²) in [6.45, 7) is 3.65. The van der Waals surface area contributed by atoms with E-state index < -0.39 is 32.5 Å². The quantitative estimate of drug-likeness (QED) is 0.0303. The summed E-state index contributed by atoms with van der Waals surface area (Å²) in [4.78, 5) is 42.6. The van der Waals surface area contributed by atoms with Crippen molar-refractivity contribution in [3.63, 3.8) is 0 Å². The number of phosphoric ester groups is 1. The van der Waals surface area contributed by atoms with Crippen molar-refractivity contribution in [1.29, 1.82) is 0 Å². The summed E-state index contributed by atoms with van der Waals surface area (Å²) in [6.07, 6.45) is 33.6. The van der Waals surface area contributed by atoms with Gasteiger partial charge in [-0.15, -0.1) is 0 Å². The highest BCUT2D eigenvalue weighted by Gasteiger charge is 2.22. The second-order valence-corrected chi connectivity index (χ2v) is 13.8. The Morgan fingerprint density at radius 2 is 0.933 bits per heavy atom. The Hall–Kier alpha value is -1.21. The van der Waals surface area contributed by atoms with E-state index in [1.165, 1.54) is 96.3 Å². The van der Waals surface area contributed by atoms with E-state index in [9.17, 15) is 14.2 Å². The van der Waals surface area contributed by atoms with Crippen molar-refractivity contribution < 1.29 is 37.9 Å². The van der Waals surface area contributed by atoms with Crippen LogP contribution in [0.3, 0.4) is 0 Å². The Bertz CT molecular complexity index is 751. The summed E-state index contributed by atoms with van der Waals surface area (Å²) in [5, 5.41) is 0. The molecule has 9 heteroatoms. The summed E-state index contributed by atoms with van der Waals surface area (Å²) in [5.41, 5.74) is 0. The molecule has 0 rings (SSSR count). The molecule has 0 saturated heterocycles. The second-order valence-electron chi connectivity index (χ2n) is 12.6. The fraction of sp³-hybridized carbons (Fsp3) is 0.889. The van der Waals surface area contributed by atoms with Crippen LogP contribution >= 0.6 is 7.82 Å². The first-order valence-electron chi connectivity index (χ1n) is 18.5. The lowest BCUT2D eigenvalue weighted by Gasteiger charge is -2.18. The summed E-state index contributed by atoms with van der Waals surface area (Å²) >= 11 is 0. The zero-order chi connectivity index (χ0) is 33.3. The fourth-order valence-electron chi connectivity index (χ4n) is 5.25. The lowest BCUT2D eigenvalue weighted by molar-refractivity contribution is -0.161. The van der Waals surface area contributed by atoms with E-state index in [0.29, 0.717) is 6.42 Å². The SMILES string of the molecule is CCCCC/C=C/CCCCCCCC(=O)O[C@H](COC(=O)CCCCCCCCCCCCCCCCC)COP(=O)(O)O. The first-order valence-corrected chi connectivity index (χ1v) is 20.0. The van der Waals surface area contributed by atoms with Gasteiger partial charge in [0.25, 0.3) is 0 Å². The van der Waals surface area contributed by atoms with Gasteiger partial charge in [-0.1, -0.05) is 148 Å². The Morgan fingerprint density at radius 3 is 1.40 bits per heavy atom. The van der Waals surface area contributed by atoms with E-state index in [1.54, 1.807) is 0 Å². The van der Waals surface area contributed by atoms with Crippen LogP contribution in [0.4, 0.5) is 0 Å². The molecule has 0 fully saturated rings. The Labute approximate surface area is 276 Å². The standard InChI is InChI=1S/C36H69O8P/c1-3-5-7-9-11-13-15-17-18-19-21-22-24-26-28-30-35(37)42-32-34(33-43-45(39,40)41)44-36(38)31-29-27-25-23-20-16-14-12-10-8-6-4-2/h12,14,34H,3-11,13,15-33H2,1-2H3,(H2,39,40,41)/b14-12+/t34-/m1/s1. The molecule has 0 aromatic rings. The molecule has 0 unspecified atom stereocenters. The van der Waals surface area contributed by atoms with Crippen LogP contribution in [0.1, 0.15) is 187 Å². The van der Waals surface area contributed by atoms with Crippen LogP contribution in [-0.2, 0) is 28.2 Å². The molecule has 0 radical (unpaired) electrons. The number of rotatable bonds is 34. The largest absolute Gasteiger partial charge is 0.469 e. The Morgan fingerprint density at radius 1 is 0.556 bits per heavy atom. The molecule has 0 amide bonds. The number of esters is 2. The van der Waals surface area contributed by atoms with Gasteiger partial charge in [0.1, 0.15) is 6.61 Å². The lowest BCUT2D eigenvalue weighted by atomic mass is 10.0. The average Bonchev–Trinajstić information content (AvgIpc) is 3.00. The number of unbranched alkanes of at least 4 members (excludes halogenated alkanes) is 22. The van der Waals surface area contributed by atoms with Crippen molar-refractivity contribution in [3.8, 4) is 0 Å². The minimum atomic E-state index is -4.74. The highest BCUT2D eigenvalue weighted by molar-refractivity contribution is 7.46. The second kappa shape index (κ2) is 32.7. The topological polar surface area (TPSA) is 119 Å². The van der Waals surface area contributed by atoms with E-state index in [0.717, 1.165) is 57.8 Å². The van der Waals surface area contributed by atoms with Crippen molar-refractivity contribution in [3.05, 3.63) is 12.2 Å². The highest BCUT2D eigenvalue weighted by Crippen LogP contribution is 2.36. The summed E-state index contributed by atoms with van der Waals surface area (Å²) in [7, 11) is -4.74. The van der Waals surface area contributed by atoms with Crippen molar-refractivity contribution in [2.75, 3.05) is 13.2 Å². The van der Waals surface area contributed by atoms with Crippen LogP contribution < -0.4 is 0 Å². The maximum atomic E-state index is 12.3. The number of phosphoric acid groups is 1. The van der Waals surface area contributed by atoms with Crippen LogP contribution in [0.15, 0.2) is 12.2 Å². The molecule has 0 aromatic carbocycles. The fourth-order valence-corrected chi connectivity index (χ4v) is 5.61. The zero-order valence-electron chi connectivity index (χ0n) is 29.0. The molecule has 8 nitrogen and oxygen atoms in total. The van der Waals surface area contributed by atoms with E-state index in [-0.39, 0.29) is 19.4 Å². The molecular formula is C36H69O8P. The van der Waals surface area contributed by atoms with Crippen LogP contribution in [0.5, 0.6) is 0 Å². The first kappa shape index (κ1) is 43.8. The van der Waals surface area contributed by atoms with Gasteiger partial charge in [0.15, 0.2) is 6.10 Å². The molecule has 0 bridgehead atoms. The monoisotopic (exact) mass is 660 g/mol. The van der Waals surface area contributed by atoms with Gasteiger partial charge >= 0.3 is 19.8 Å². The minimum Gasteiger partial charge on any atom is -0.462 e. The maximum Gasteiger partial charge on any atom is 0.469 e. The van der Waals surface area contributed by atoms with Crippen molar-refractivity contribution in [1.82, 2.24) is 0 Å². The molecule has 1 atom stereocenters. The predicted molar refractivity (Wildman–Crippen MR) is 184 cm³/mol. The van der Waals surface area contributed by atoms with Crippen LogP contribution in [0.2, 0.25) is 0 Å². The average molecular weight is 661 g/mol. The predicted octanol–water partition coefficient (Wildman–Crippen LogP) is 10.7. The van der Waals surface area contributed by atoms with Gasteiger partial charge in [-0.3, -0.25) is 14.1 Å². The third-order valence-corrected chi connectivity index (χ3v) is 8.52. The molecule has 0 aromatic heterocycles. The minimum absolute atomic E-state index is 0.205. The summed E-state index contributed by atoms with van der Waals surface area (Å²) in [5.74, 6) is -0.888. The molecule has 45 heavy (non-hydrogen) atoms. The molecule has 0 saturated carbocycles. The maximum absolute atomic E-state index is 12.3. The van der Waals surface area contributed by atoms with E-state index >= 15 is 0 Å². The summed E-state index contributed by atoms with van der Waals surface area (Å²) < 4.78 is 26.3. The number of hydrogen-bond acceptors (Lipinski definition) is 6. The molecule has 266 valence electrons. The van der Waals surface area contributed by atoms with E-state index in [2.05, 4.69) is 30.5 Å². The van der Waals surface area contributed by atoms with Gasteiger partial charge in [-0.2, -0.15) is 0 Å². The smallest absolute Gasteiger partial charge is 0.462 e. The number of carbonyl (C=O) groups is 2. The number of allylic oxidation sites excluding steroid dienone is 2. The van der Waals surface area contributed by atoms with Gasteiger partial charge in [-0.05, 0) is 38.5 Å². The number of carbonyl (C=O) groups excluding carboxylic acids is 2. The van der Waals surface area contributed by atoms with Gasteiger partial charge in [-0.25, -0.2) is 4.57 Å². The zero-order valence-corrected chi connectivity index (χ0v) is 29.9. The van der Waals surface area contributed by atoms with Gasteiger partial charge < -0.3 is 19.3 Å². The molecule has 0 aliphatic carbocycles. The molecule has 0 spiro atoms. The van der Waals surface area contributed by atoms with Gasteiger partial charge in [0, 0.05) is 12.8 Å². The molecule has 2 N–H and O–H groups in total. The Kier molecular flexibility index (Phi) is 31.8. The van der Waals surface area contributed by atoms with Crippen LogP contribution in [0.25, 0.3) is 0 Å². The lowest BCUT2D eigenvalue weighted by Crippen LogP contribution is -2.29.